The van der Waals surface area contributed by atoms with Crippen LogP contribution in [0, 0.1) is 5.92 Å². The Labute approximate surface area is 119 Å². The number of halogens is 3. The van der Waals surface area contributed by atoms with Crippen LogP contribution in [0.5, 0.6) is 0 Å². The van der Waals surface area contributed by atoms with Gasteiger partial charge in [0.25, 0.3) is 0 Å². The van der Waals surface area contributed by atoms with Crippen molar-refractivity contribution >= 4 is 5.97 Å². The molecule has 0 amide bonds. The summed E-state index contributed by atoms with van der Waals surface area (Å²) in [4.78, 5) is 20.0. The fourth-order valence-corrected chi connectivity index (χ4v) is 3.23. The Kier molecular flexibility index (Phi) is 3.61. The number of hydrogen-bond donors (Lipinski definition) is 0. The van der Waals surface area contributed by atoms with E-state index >= 15 is 0 Å². The summed E-state index contributed by atoms with van der Waals surface area (Å²) in [5.74, 6) is -1.98. The summed E-state index contributed by atoms with van der Waals surface area (Å²) >= 11 is 0. The van der Waals surface area contributed by atoms with Crippen LogP contribution in [0.3, 0.4) is 0 Å². The largest absolute Gasteiger partial charge is 0.492 e. The topological polar surface area (TPSA) is 42.4 Å². The molecule has 114 valence electrons. The predicted octanol–water partition coefficient (Wildman–Crippen LogP) is 2.80. The summed E-state index contributed by atoms with van der Waals surface area (Å²) in [5.41, 5.74) is 1.76. The molecule has 1 aliphatic carbocycles. The summed E-state index contributed by atoms with van der Waals surface area (Å²) in [6.07, 6.45) is 0.0260. The SMILES string of the molecule is O=C(ON1CCCC2CCc3cccnc3C21)C(F)(F)F. The molecule has 0 aromatic carbocycles. The minimum absolute atomic E-state index is 0.183. The highest BCUT2D eigenvalue weighted by Gasteiger charge is 2.46. The maximum Gasteiger partial charge on any atom is 0.492 e. The van der Waals surface area contributed by atoms with E-state index in [1.807, 2.05) is 12.1 Å². The molecule has 1 saturated heterocycles. The van der Waals surface area contributed by atoms with Gasteiger partial charge in [0, 0.05) is 12.7 Å². The lowest BCUT2D eigenvalue weighted by Gasteiger charge is -2.42. The zero-order valence-corrected chi connectivity index (χ0v) is 11.3. The van der Waals surface area contributed by atoms with Crippen LogP contribution in [-0.4, -0.2) is 28.7 Å². The lowest BCUT2D eigenvalue weighted by atomic mass is 9.78. The summed E-state index contributed by atoms with van der Waals surface area (Å²) in [7, 11) is 0. The van der Waals surface area contributed by atoms with Gasteiger partial charge in [-0.15, -0.1) is 5.06 Å². The normalized spacial score (nSPS) is 25.9. The van der Waals surface area contributed by atoms with Gasteiger partial charge in [-0.25, -0.2) is 4.79 Å². The molecule has 1 aromatic rings. The molecular formula is C14H15F3N2O2. The van der Waals surface area contributed by atoms with Crippen molar-refractivity contribution in [2.75, 3.05) is 6.54 Å². The highest BCUT2D eigenvalue weighted by atomic mass is 19.4. The van der Waals surface area contributed by atoms with Crippen molar-refractivity contribution in [3.8, 4) is 0 Å². The van der Waals surface area contributed by atoms with Crippen molar-refractivity contribution in [1.29, 1.82) is 0 Å². The van der Waals surface area contributed by atoms with Crippen LogP contribution in [0.15, 0.2) is 18.3 Å². The Morgan fingerprint density at radius 1 is 1.38 bits per heavy atom. The van der Waals surface area contributed by atoms with Gasteiger partial charge < -0.3 is 4.84 Å². The second kappa shape index (κ2) is 5.29. The van der Waals surface area contributed by atoms with E-state index in [9.17, 15) is 18.0 Å². The van der Waals surface area contributed by atoms with Crippen molar-refractivity contribution < 1.29 is 22.8 Å². The van der Waals surface area contributed by atoms with E-state index in [4.69, 9.17) is 0 Å². The lowest BCUT2D eigenvalue weighted by Crippen LogP contribution is -2.45. The van der Waals surface area contributed by atoms with Crippen molar-refractivity contribution in [2.45, 2.75) is 37.9 Å². The number of fused-ring (bicyclic) bond motifs is 3. The van der Waals surface area contributed by atoms with Gasteiger partial charge >= 0.3 is 12.1 Å². The molecule has 1 fully saturated rings. The van der Waals surface area contributed by atoms with Gasteiger partial charge in [0.15, 0.2) is 0 Å². The van der Waals surface area contributed by atoms with Gasteiger partial charge in [-0.1, -0.05) is 6.07 Å². The van der Waals surface area contributed by atoms with Crippen LogP contribution in [-0.2, 0) is 16.1 Å². The average molecular weight is 300 g/mol. The van der Waals surface area contributed by atoms with Gasteiger partial charge in [-0.2, -0.15) is 13.2 Å². The Morgan fingerprint density at radius 3 is 2.95 bits per heavy atom. The first-order valence-electron chi connectivity index (χ1n) is 6.96. The number of rotatable bonds is 1. The van der Waals surface area contributed by atoms with Crippen LogP contribution < -0.4 is 0 Å². The van der Waals surface area contributed by atoms with Crippen molar-refractivity contribution in [2.24, 2.45) is 5.92 Å². The molecular weight excluding hydrogens is 285 g/mol. The first-order valence-corrected chi connectivity index (χ1v) is 6.96. The van der Waals surface area contributed by atoms with Crippen molar-refractivity contribution in [3.63, 3.8) is 0 Å². The summed E-state index contributed by atoms with van der Waals surface area (Å²) in [6.45, 7) is 0.305. The Morgan fingerprint density at radius 2 is 2.19 bits per heavy atom. The molecule has 7 heteroatoms. The van der Waals surface area contributed by atoms with Crippen LogP contribution in [0.4, 0.5) is 13.2 Å². The van der Waals surface area contributed by atoms with Gasteiger partial charge in [-0.05, 0) is 43.2 Å². The molecule has 2 unspecified atom stereocenters. The van der Waals surface area contributed by atoms with E-state index in [0.29, 0.717) is 13.0 Å². The summed E-state index contributed by atoms with van der Waals surface area (Å²) in [6, 6.07) is 3.38. The first-order chi connectivity index (χ1) is 9.97. The van der Waals surface area contributed by atoms with Crippen LogP contribution in [0.1, 0.15) is 36.6 Å². The third-order valence-corrected chi connectivity index (χ3v) is 4.13. The van der Waals surface area contributed by atoms with E-state index in [-0.39, 0.29) is 12.0 Å². The number of piperidine rings is 1. The first kappa shape index (κ1) is 14.3. The van der Waals surface area contributed by atoms with Gasteiger partial charge in [0.2, 0.25) is 0 Å². The van der Waals surface area contributed by atoms with E-state index < -0.39 is 12.1 Å². The molecule has 3 rings (SSSR count). The standard InChI is InChI=1S/C14H15F3N2O2/c15-14(16,17)13(20)21-19-8-2-4-10-6-5-9-3-1-7-18-11(9)12(10)19/h1,3,7,10,12H,2,4-6,8H2. The number of hydroxylamine groups is 2. The summed E-state index contributed by atoms with van der Waals surface area (Å²) in [5, 5.41) is 1.18. The quantitative estimate of drug-likeness (QED) is 0.800. The monoisotopic (exact) mass is 300 g/mol. The smallest absolute Gasteiger partial charge is 0.360 e. The molecule has 2 heterocycles. The van der Waals surface area contributed by atoms with Crippen molar-refractivity contribution in [1.82, 2.24) is 10.0 Å². The lowest BCUT2D eigenvalue weighted by molar-refractivity contribution is -0.256. The van der Waals surface area contributed by atoms with Crippen LogP contribution in [0.2, 0.25) is 0 Å². The van der Waals surface area contributed by atoms with E-state index in [1.54, 1.807) is 6.20 Å². The van der Waals surface area contributed by atoms with Gasteiger partial charge in [0.05, 0.1) is 11.7 Å². The maximum absolute atomic E-state index is 12.4. The molecule has 0 saturated carbocycles. The number of nitrogens with zero attached hydrogens (tertiary/aromatic N) is 2. The average Bonchev–Trinajstić information content (AvgIpc) is 2.46. The molecule has 1 aliphatic heterocycles. The summed E-state index contributed by atoms with van der Waals surface area (Å²) < 4.78 is 37.2. The highest BCUT2D eigenvalue weighted by Crippen LogP contribution is 2.43. The number of alkyl halides is 3. The minimum Gasteiger partial charge on any atom is -0.360 e. The third-order valence-electron chi connectivity index (χ3n) is 4.13. The second-order valence-electron chi connectivity index (χ2n) is 5.45. The Hall–Kier alpha value is -1.63. The zero-order chi connectivity index (χ0) is 15.0. The minimum atomic E-state index is -4.98. The molecule has 0 spiro atoms. The molecule has 21 heavy (non-hydrogen) atoms. The number of hydrogen-bond acceptors (Lipinski definition) is 4. The predicted molar refractivity (Wildman–Crippen MR) is 66.9 cm³/mol. The molecule has 4 nitrogen and oxygen atoms in total. The van der Waals surface area contributed by atoms with Gasteiger partial charge in [0.1, 0.15) is 0 Å². The Bertz CT molecular complexity index is 547. The molecule has 2 atom stereocenters. The zero-order valence-electron chi connectivity index (χ0n) is 11.3. The van der Waals surface area contributed by atoms with Crippen molar-refractivity contribution in [3.05, 3.63) is 29.6 Å². The number of pyridine rings is 1. The van der Waals surface area contributed by atoms with Crippen LogP contribution >= 0.6 is 0 Å². The van der Waals surface area contributed by atoms with E-state index in [1.165, 1.54) is 5.06 Å². The second-order valence-corrected chi connectivity index (χ2v) is 5.45. The maximum atomic E-state index is 12.4. The van der Waals surface area contributed by atoms with E-state index in [2.05, 4.69) is 9.82 Å². The molecule has 0 radical (unpaired) electrons. The molecule has 0 N–H and O–H groups in total. The van der Waals surface area contributed by atoms with E-state index in [0.717, 1.165) is 30.5 Å². The fraction of sp³-hybridized carbons (Fsp3) is 0.571. The van der Waals surface area contributed by atoms with Gasteiger partial charge in [-0.3, -0.25) is 4.98 Å². The number of carbonyl (C=O) groups excluding carboxylic acids is 1. The number of aromatic nitrogens is 1. The molecule has 0 bridgehead atoms. The fourth-order valence-electron chi connectivity index (χ4n) is 3.23. The third kappa shape index (κ3) is 2.74. The number of aryl methyl sites for hydroxylation is 1. The molecule has 2 aliphatic rings. The molecule has 1 aromatic heterocycles. The number of carbonyl (C=O) groups is 1. The Balaban J connectivity index is 1.87. The van der Waals surface area contributed by atoms with Crippen LogP contribution in [0.25, 0.3) is 0 Å². The highest BCUT2D eigenvalue weighted by molar-refractivity contribution is 5.75.